The average molecular weight is 218 g/mol. The van der Waals surface area contributed by atoms with Gasteiger partial charge in [-0.05, 0) is 56.9 Å². The summed E-state index contributed by atoms with van der Waals surface area (Å²) in [5.74, 6) is 0.833. The number of piperidine rings is 1. The molecule has 0 amide bonds. The van der Waals surface area contributed by atoms with Crippen molar-refractivity contribution in [3.05, 3.63) is 24.3 Å². The minimum atomic E-state index is 0.258. The number of nitrogen functional groups attached to an aromatic ring is 1. The Balaban J connectivity index is 2.23. The third-order valence-corrected chi connectivity index (χ3v) is 3.63. The highest BCUT2D eigenvalue weighted by Crippen LogP contribution is 2.35. The second kappa shape index (κ2) is 4.00. The Morgan fingerprint density at radius 2 is 1.88 bits per heavy atom. The minimum absolute atomic E-state index is 0.258. The first-order valence-corrected chi connectivity index (χ1v) is 6.12. The topological polar surface area (TPSA) is 29.3 Å². The molecule has 0 bridgehead atoms. The molecule has 1 atom stereocenters. The quantitative estimate of drug-likeness (QED) is 0.733. The molecule has 1 unspecified atom stereocenters. The highest BCUT2D eigenvalue weighted by Gasteiger charge is 2.32. The van der Waals surface area contributed by atoms with E-state index in [9.17, 15) is 0 Å². The van der Waals surface area contributed by atoms with E-state index in [1.807, 2.05) is 12.1 Å². The monoisotopic (exact) mass is 218 g/mol. The molecule has 0 aromatic heterocycles. The lowest BCUT2D eigenvalue weighted by Gasteiger charge is -2.46. The van der Waals surface area contributed by atoms with E-state index in [-0.39, 0.29) is 5.54 Å². The summed E-state index contributed by atoms with van der Waals surface area (Å²) in [6, 6.07) is 8.24. The van der Waals surface area contributed by atoms with E-state index >= 15 is 0 Å². The maximum absolute atomic E-state index is 5.73. The average Bonchev–Trinajstić information content (AvgIpc) is 2.18. The van der Waals surface area contributed by atoms with Gasteiger partial charge in [0.2, 0.25) is 0 Å². The first-order valence-electron chi connectivity index (χ1n) is 6.12. The molecule has 1 aliphatic rings. The third kappa shape index (κ3) is 2.16. The van der Waals surface area contributed by atoms with Gasteiger partial charge >= 0.3 is 0 Å². The number of nitrogens with zero attached hydrogens (tertiary/aromatic N) is 1. The lowest BCUT2D eigenvalue weighted by molar-refractivity contribution is 0.290. The van der Waals surface area contributed by atoms with E-state index in [2.05, 4.69) is 37.8 Å². The van der Waals surface area contributed by atoms with E-state index in [1.165, 1.54) is 18.5 Å². The molecule has 1 aromatic carbocycles. The summed E-state index contributed by atoms with van der Waals surface area (Å²) in [4.78, 5) is 2.51. The molecular weight excluding hydrogens is 196 g/mol. The van der Waals surface area contributed by atoms with E-state index in [1.54, 1.807) is 0 Å². The number of hydrogen-bond acceptors (Lipinski definition) is 2. The van der Waals surface area contributed by atoms with Crippen LogP contribution in [0.2, 0.25) is 0 Å². The second-order valence-electron chi connectivity index (χ2n) is 5.65. The molecule has 2 rings (SSSR count). The second-order valence-corrected chi connectivity index (χ2v) is 5.65. The van der Waals surface area contributed by atoms with Crippen LogP contribution in [0, 0.1) is 5.92 Å². The van der Waals surface area contributed by atoms with Crippen LogP contribution in [0.3, 0.4) is 0 Å². The molecule has 0 radical (unpaired) electrons. The maximum Gasteiger partial charge on any atom is 0.0372 e. The molecule has 1 aromatic rings. The summed E-state index contributed by atoms with van der Waals surface area (Å²) in [7, 11) is 0. The molecule has 16 heavy (non-hydrogen) atoms. The van der Waals surface area contributed by atoms with Gasteiger partial charge in [0.1, 0.15) is 0 Å². The van der Waals surface area contributed by atoms with Gasteiger partial charge in [-0.3, -0.25) is 0 Å². The van der Waals surface area contributed by atoms with Gasteiger partial charge in [-0.15, -0.1) is 0 Å². The number of anilines is 2. The molecule has 1 saturated heterocycles. The van der Waals surface area contributed by atoms with Crippen LogP contribution in [0.25, 0.3) is 0 Å². The zero-order valence-corrected chi connectivity index (χ0v) is 10.5. The van der Waals surface area contributed by atoms with Crippen LogP contribution in [0.1, 0.15) is 33.6 Å². The molecule has 0 spiro atoms. The Morgan fingerprint density at radius 3 is 2.44 bits per heavy atom. The van der Waals surface area contributed by atoms with Crippen molar-refractivity contribution in [1.29, 1.82) is 0 Å². The maximum atomic E-state index is 5.73. The van der Waals surface area contributed by atoms with Crippen LogP contribution < -0.4 is 10.6 Å². The molecule has 0 saturated carbocycles. The molecule has 2 N–H and O–H groups in total. The third-order valence-electron chi connectivity index (χ3n) is 3.63. The van der Waals surface area contributed by atoms with Crippen LogP contribution in [0.5, 0.6) is 0 Å². The molecule has 2 nitrogen and oxygen atoms in total. The van der Waals surface area contributed by atoms with Crippen molar-refractivity contribution < 1.29 is 0 Å². The molecule has 1 fully saturated rings. The van der Waals surface area contributed by atoms with Crippen molar-refractivity contribution >= 4 is 11.4 Å². The molecule has 0 aliphatic carbocycles. The van der Waals surface area contributed by atoms with Gasteiger partial charge < -0.3 is 10.6 Å². The zero-order chi connectivity index (χ0) is 11.8. The summed E-state index contributed by atoms with van der Waals surface area (Å²) in [6.45, 7) is 8.16. The summed E-state index contributed by atoms with van der Waals surface area (Å²) in [5, 5.41) is 0. The Hall–Kier alpha value is -1.18. The van der Waals surface area contributed by atoms with Crippen molar-refractivity contribution in [2.75, 3.05) is 17.2 Å². The molecule has 88 valence electrons. The lowest BCUT2D eigenvalue weighted by atomic mass is 9.83. The van der Waals surface area contributed by atoms with Gasteiger partial charge in [-0.25, -0.2) is 0 Å². The Bertz CT molecular complexity index is 354. The summed E-state index contributed by atoms with van der Waals surface area (Å²) >= 11 is 0. The number of hydrogen-bond donors (Lipinski definition) is 1. The van der Waals surface area contributed by atoms with Crippen LogP contribution in [0.4, 0.5) is 11.4 Å². The van der Waals surface area contributed by atoms with Gasteiger partial charge in [0.05, 0.1) is 0 Å². The van der Waals surface area contributed by atoms with Gasteiger partial charge in [-0.1, -0.05) is 6.92 Å². The van der Waals surface area contributed by atoms with Gasteiger partial charge in [-0.2, -0.15) is 0 Å². The molecule has 2 heteroatoms. The highest BCUT2D eigenvalue weighted by atomic mass is 15.2. The SMILES string of the molecule is CC1CCN(c2ccc(N)cc2)C(C)(C)C1. The fourth-order valence-corrected chi connectivity index (χ4v) is 2.85. The molecule has 1 aliphatic heterocycles. The van der Waals surface area contributed by atoms with Crippen molar-refractivity contribution in [2.45, 2.75) is 39.2 Å². The predicted octanol–water partition coefficient (Wildman–Crippen LogP) is 3.28. The highest BCUT2D eigenvalue weighted by molar-refractivity contribution is 5.54. The fourth-order valence-electron chi connectivity index (χ4n) is 2.85. The van der Waals surface area contributed by atoms with Crippen molar-refractivity contribution in [2.24, 2.45) is 5.92 Å². The summed E-state index contributed by atoms with van der Waals surface area (Å²) in [6.07, 6.45) is 2.55. The van der Waals surface area contributed by atoms with Crippen LogP contribution in [-0.2, 0) is 0 Å². The van der Waals surface area contributed by atoms with Crippen molar-refractivity contribution in [3.8, 4) is 0 Å². The Morgan fingerprint density at radius 1 is 1.25 bits per heavy atom. The smallest absolute Gasteiger partial charge is 0.0372 e. The van der Waals surface area contributed by atoms with E-state index in [0.717, 1.165) is 18.2 Å². The molecular formula is C14H22N2. The van der Waals surface area contributed by atoms with E-state index in [4.69, 9.17) is 5.73 Å². The Labute approximate surface area is 98.4 Å². The number of benzene rings is 1. The van der Waals surface area contributed by atoms with Crippen LogP contribution in [-0.4, -0.2) is 12.1 Å². The standard InChI is InChI=1S/C14H22N2/c1-11-8-9-16(14(2,3)10-11)13-6-4-12(15)5-7-13/h4-7,11H,8-10,15H2,1-3H3. The molecule has 1 heterocycles. The zero-order valence-electron chi connectivity index (χ0n) is 10.5. The summed E-state index contributed by atoms with van der Waals surface area (Å²) < 4.78 is 0. The lowest BCUT2D eigenvalue weighted by Crippen LogP contribution is -2.49. The largest absolute Gasteiger partial charge is 0.399 e. The predicted molar refractivity (Wildman–Crippen MR) is 70.7 cm³/mol. The number of nitrogens with two attached hydrogens (primary N) is 1. The van der Waals surface area contributed by atoms with Crippen LogP contribution in [0.15, 0.2) is 24.3 Å². The Kier molecular flexibility index (Phi) is 2.83. The van der Waals surface area contributed by atoms with E-state index in [0.29, 0.717) is 0 Å². The van der Waals surface area contributed by atoms with Crippen LogP contribution >= 0.6 is 0 Å². The number of rotatable bonds is 1. The normalized spacial score (nSPS) is 24.4. The van der Waals surface area contributed by atoms with Crippen molar-refractivity contribution in [3.63, 3.8) is 0 Å². The van der Waals surface area contributed by atoms with Crippen molar-refractivity contribution in [1.82, 2.24) is 0 Å². The van der Waals surface area contributed by atoms with E-state index < -0.39 is 0 Å². The first kappa shape index (κ1) is 11.3. The van der Waals surface area contributed by atoms with Gasteiger partial charge in [0.25, 0.3) is 0 Å². The van der Waals surface area contributed by atoms with Gasteiger partial charge in [0, 0.05) is 23.5 Å². The summed E-state index contributed by atoms with van der Waals surface area (Å²) in [5.41, 5.74) is 8.12. The minimum Gasteiger partial charge on any atom is -0.399 e. The van der Waals surface area contributed by atoms with Gasteiger partial charge in [0.15, 0.2) is 0 Å². The first-order chi connectivity index (χ1) is 7.49. The fraction of sp³-hybridized carbons (Fsp3) is 0.571.